The summed E-state index contributed by atoms with van der Waals surface area (Å²) in [5.41, 5.74) is -0.383. The molecule has 0 atom stereocenters. The van der Waals surface area contributed by atoms with Crippen LogP contribution in [0, 0.1) is 0 Å². The Hall–Kier alpha value is -2.06. The Labute approximate surface area is 157 Å². The number of nitrogens with zero attached hydrogens (tertiary/aromatic N) is 1. The molecule has 1 N–H and O–H groups in total. The molecule has 0 radical (unpaired) electrons. The maximum atomic E-state index is 12.9. The number of amides is 1. The standard InChI is InChI=1S/C17H16ClF3N2O2S/c1-23(2)12-4-3-10(17(19,20)21)9-11(12)22-16(25)8-5-13(24)14-6-7-15(18)26-14/h3-4,6-7,9H,5,8H2,1-2H3,(H,22,25). The van der Waals surface area contributed by atoms with Crippen LogP contribution >= 0.6 is 22.9 Å². The maximum Gasteiger partial charge on any atom is 0.416 e. The largest absolute Gasteiger partial charge is 0.416 e. The van der Waals surface area contributed by atoms with Crippen molar-refractivity contribution >= 4 is 46.0 Å². The Morgan fingerprint density at radius 2 is 1.85 bits per heavy atom. The quantitative estimate of drug-likeness (QED) is 0.682. The first kappa shape index (κ1) is 20.3. The van der Waals surface area contributed by atoms with E-state index in [0.29, 0.717) is 14.9 Å². The highest BCUT2D eigenvalue weighted by Gasteiger charge is 2.31. The summed E-state index contributed by atoms with van der Waals surface area (Å²) in [6.07, 6.45) is -4.71. The highest BCUT2D eigenvalue weighted by Crippen LogP contribution is 2.35. The van der Waals surface area contributed by atoms with Crippen LogP contribution < -0.4 is 10.2 Å². The van der Waals surface area contributed by atoms with Crippen LogP contribution in [0.4, 0.5) is 24.5 Å². The fourth-order valence-electron chi connectivity index (χ4n) is 2.23. The summed E-state index contributed by atoms with van der Waals surface area (Å²) in [7, 11) is 3.31. The van der Waals surface area contributed by atoms with Crippen molar-refractivity contribution in [1.29, 1.82) is 0 Å². The SMILES string of the molecule is CN(C)c1ccc(C(F)(F)F)cc1NC(=O)CCC(=O)c1ccc(Cl)s1. The number of ketones is 1. The number of hydrogen-bond acceptors (Lipinski definition) is 4. The summed E-state index contributed by atoms with van der Waals surface area (Å²) < 4.78 is 39.2. The van der Waals surface area contributed by atoms with E-state index in [-0.39, 0.29) is 24.3 Å². The van der Waals surface area contributed by atoms with Gasteiger partial charge in [-0.05, 0) is 30.3 Å². The zero-order valence-electron chi connectivity index (χ0n) is 14.0. The molecule has 140 valence electrons. The number of anilines is 2. The minimum Gasteiger partial charge on any atom is -0.376 e. The van der Waals surface area contributed by atoms with E-state index in [2.05, 4.69) is 5.32 Å². The summed E-state index contributed by atoms with van der Waals surface area (Å²) in [5, 5.41) is 2.46. The van der Waals surface area contributed by atoms with E-state index in [9.17, 15) is 22.8 Å². The molecular weight excluding hydrogens is 389 g/mol. The van der Waals surface area contributed by atoms with Crippen LogP contribution in [0.15, 0.2) is 30.3 Å². The fraction of sp³-hybridized carbons (Fsp3) is 0.294. The van der Waals surface area contributed by atoms with Gasteiger partial charge in [0.1, 0.15) is 0 Å². The molecule has 0 aliphatic heterocycles. The van der Waals surface area contributed by atoms with E-state index in [1.165, 1.54) is 6.07 Å². The second kappa shape index (κ2) is 8.09. The van der Waals surface area contributed by atoms with Gasteiger partial charge in [-0.15, -0.1) is 11.3 Å². The Bertz CT molecular complexity index is 819. The Morgan fingerprint density at radius 3 is 2.38 bits per heavy atom. The van der Waals surface area contributed by atoms with Gasteiger partial charge in [-0.1, -0.05) is 11.6 Å². The van der Waals surface area contributed by atoms with Gasteiger partial charge in [0.05, 0.1) is 26.2 Å². The average molecular weight is 405 g/mol. The summed E-state index contributed by atoms with van der Waals surface area (Å²) in [6.45, 7) is 0. The number of benzene rings is 1. The summed E-state index contributed by atoms with van der Waals surface area (Å²) >= 11 is 6.88. The molecule has 0 aliphatic rings. The molecule has 1 heterocycles. The number of alkyl halides is 3. The third-order valence-electron chi connectivity index (χ3n) is 3.51. The van der Waals surface area contributed by atoms with Crippen LogP contribution in [-0.2, 0) is 11.0 Å². The number of carbonyl (C=O) groups excluding carboxylic acids is 2. The zero-order valence-corrected chi connectivity index (χ0v) is 15.6. The van der Waals surface area contributed by atoms with E-state index in [1.807, 2.05) is 0 Å². The third-order valence-corrected chi connectivity index (χ3v) is 4.78. The fourth-order valence-corrected chi connectivity index (χ4v) is 3.24. The number of nitrogens with one attached hydrogen (secondary N) is 1. The molecule has 1 aromatic carbocycles. The molecule has 0 saturated carbocycles. The molecule has 26 heavy (non-hydrogen) atoms. The summed E-state index contributed by atoms with van der Waals surface area (Å²) in [4.78, 5) is 26.1. The van der Waals surface area contributed by atoms with Crippen molar-refractivity contribution in [1.82, 2.24) is 0 Å². The van der Waals surface area contributed by atoms with E-state index < -0.39 is 17.6 Å². The second-order valence-corrected chi connectivity index (χ2v) is 7.41. The number of rotatable bonds is 6. The van der Waals surface area contributed by atoms with Crippen molar-refractivity contribution in [2.75, 3.05) is 24.3 Å². The topological polar surface area (TPSA) is 49.4 Å². The maximum absolute atomic E-state index is 12.9. The molecule has 4 nitrogen and oxygen atoms in total. The molecule has 2 aromatic rings. The lowest BCUT2D eigenvalue weighted by Crippen LogP contribution is -2.18. The van der Waals surface area contributed by atoms with Crippen molar-refractivity contribution in [2.24, 2.45) is 0 Å². The molecule has 0 bridgehead atoms. The van der Waals surface area contributed by atoms with Crippen LogP contribution in [0.25, 0.3) is 0 Å². The minimum absolute atomic E-state index is 0.0430. The van der Waals surface area contributed by atoms with Crippen LogP contribution in [-0.4, -0.2) is 25.8 Å². The van der Waals surface area contributed by atoms with Gasteiger partial charge in [0.25, 0.3) is 0 Å². The van der Waals surface area contributed by atoms with Crippen LogP contribution in [0.2, 0.25) is 4.34 Å². The molecule has 1 aromatic heterocycles. The Balaban J connectivity index is 2.08. The lowest BCUT2D eigenvalue weighted by Gasteiger charge is -2.19. The van der Waals surface area contributed by atoms with Crippen LogP contribution in [0.5, 0.6) is 0 Å². The summed E-state index contributed by atoms with van der Waals surface area (Å²) in [6, 6.07) is 6.29. The predicted octanol–water partition coefficient (Wildman–Crippen LogP) is 5.09. The van der Waals surface area contributed by atoms with E-state index in [4.69, 9.17) is 11.6 Å². The average Bonchev–Trinajstić information content (AvgIpc) is 2.98. The summed E-state index contributed by atoms with van der Waals surface area (Å²) in [5.74, 6) is -0.780. The van der Waals surface area contributed by atoms with Crippen LogP contribution in [0.3, 0.4) is 0 Å². The molecule has 0 aliphatic carbocycles. The first-order chi connectivity index (χ1) is 12.1. The normalized spacial score (nSPS) is 11.3. The van der Waals surface area contributed by atoms with Crippen molar-refractivity contribution in [3.05, 3.63) is 45.1 Å². The Kier molecular flexibility index (Phi) is 6.30. The number of thiophene rings is 1. The van der Waals surface area contributed by atoms with E-state index in [1.54, 1.807) is 31.1 Å². The lowest BCUT2D eigenvalue weighted by atomic mass is 10.1. The molecule has 0 fully saturated rings. The third kappa shape index (κ3) is 5.22. The van der Waals surface area contributed by atoms with Gasteiger partial charge < -0.3 is 10.2 Å². The van der Waals surface area contributed by atoms with Crippen molar-refractivity contribution in [3.8, 4) is 0 Å². The predicted molar refractivity (Wildman–Crippen MR) is 97.3 cm³/mol. The number of Topliss-reactive ketones (excluding diaryl/α,β-unsaturated/α-hetero) is 1. The molecule has 1 amide bonds. The first-order valence-corrected chi connectivity index (χ1v) is 8.74. The highest BCUT2D eigenvalue weighted by atomic mass is 35.5. The van der Waals surface area contributed by atoms with Crippen molar-refractivity contribution < 1.29 is 22.8 Å². The Morgan fingerprint density at radius 1 is 1.15 bits per heavy atom. The van der Waals surface area contributed by atoms with Gasteiger partial charge in [-0.2, -0.15) is 13.2 Å². The molecule has 9 heteroatoms. The molecular formula is C17H16ClF3N2O2S. The number of hydrogen-bond donors (Lipinski definition) is 1. The van der Waals surface area contributed by atoms with Gasteiger partial charge in [-0.25, -0.2) is 0 Å². The monoisotopic (exact) mass is 404 g/mol. The van der Waals surface area contributed by atoms with Gasteiger partial charge in [0.15, 0.2) is 5.78 Å². The second-order valence-electron chi connectivity index (χ2n) is 5.70. The number of carbonyl (C=O) groups is 2. The lowest BCUT2D eigenvalue weighted by molar-refractivity contribution is -0.137. The smallest absolute Gasteiger partial charge is 0.376 e. The van der Waals surface area contributed by atoms with Gasteiger partial charge in [-0.3, -0.25) is 9.59 Å². The van der Waals surface area contributed by atoms with Crippen LogP contribution in [0.1, 0.15) is 28.1 Å². The zero-order chi connectivity index (χ0) is 19.5. The first-order valence-electron chi connectivity index (χ1n) is 7.55. The molecule has 0 spiro atoms. The van der Waals surface area contributed by atoms with Gasteiger partial charge in [0.2, 0.25) is 5.91 Å². The van der Waals surface area contributed by atoms with Crippen molar-refractivity contribution in [3.63, 3.8) is 0 Å². The molecule has 2 rings (SSSR count). The highest BCUT2D eigenvalue weighted by molar-refractivity contribution is 7.18. The number of halogens is 4. The molecule has 0 saturated heterocycles. The molecule has 0 unspecified atom stereocenters. The van der Waals surface area contributed by atoms with E-state index >= 15 is 0 Å². The van der Waals surface area contributed by atoms with Gasteiger partial charge >= 0.3 is 6.18 Å². The van der Waals surface area contributed by atoms with Crippen molar-refractivity contribution in [2.45, 2.75) is 19.0 Å². The minimum atomic E-state index is -4.52. The van der Waals surface area contributed by atoms with Gasteiger partial charge in [0, 0.05) is 26.9 Å². The van der Waals surface area contributed by atoms with E-state index in [0.717, 1.165) is 23.5 Å².